The van der Waals surface area contributed by atoms with Gasteiger partial charge in [0.25, 0.3) is 0 Å². The summed E-state index contributed by atoms with van der Waals surface area (Å²) in [6, 6.07) is 0.385. The first-order valence-corrected chi connectivity index (χ1v) is 6.53. The first-order chi connectivity index (χ1) is 8.44. The Bertz CT molecular complexity index is 271. The summed E-state index contributed by atoms with van der Waals surface area (Å²) in [5, 5.41) is 3.18. The van der Waals surface area contributed by atoms with Crippen LogP contribution in [-0.2, 0) is 0 Å². The molecule has 1 N–H and O–H groups in total. The Morgan fingerprint density at radius 3 is 2.22 bits per heavy atom. The normalized spacial score (nSPS) is 34.0. The maximum absolute atomic E-state index is 13.2. The Morgan fingerprint density at radius 1 is 1.22 bits per heavy atom. The van der Waals surface area contributed by atoms with Crippen molar-refractivity contribution < 1.29 is 17.6 Å². The van der Waals surface area contributed by atoms with Crippen molar-refractivity contribution in [3.63, 3.8) is 0 Å². The van der Waals surface area contributed by atoms with Crippen LogP contribution in [0.5, 0.6) is 0 Å². The van der Waals surface area contributed by atoms with Crippen molar-refractivity contribution in [2.45, 2.75) is 62.6 Å². The van der Waals surface area contributed by atoms with E-state index in [-0.39, 0.29) is 12.1 Å². The van der Waals surface area contributed by atoms with E-state index in [0.29, 0.717) is 6.04 Å². The van der Waals surface area contributed by atoms with Gasteiger partial charge in [-0.3, -0.25) is 4.90 Å². The van der Waals surface area contributed by atoms with Crippen LogP contribution in [0, 0.1) is 0 Å². The van der Waals surface area contributed by atoms with Gasteiger partial charge in [0, 0.05) is 18.1 Å². The average Bonchev–Trinajstić information content (AvgIpc) is 2.27. The highest BCUT2D eigenvalue weighted by atomic mass is 19.3. The van der Waals surface area contributed by atoms with E-state index >= 15 is 0 Å². The van der Waals surface area contributed by atoms with Gasteiger partial charge in [-0.2, -0.15) is 8.78 Å². The van der Waals surface area contributed by atoms with Gasteiger partial charge in [0.15, 0.2) is 0 Å². The molecule has 0 aromatic carbocycles. The third-order valence-corrected chi connectivity index (χ3v) is 4.25. The minimum Gasteiger partial charge on any atom is -0.317 e. The van der Waals surface area contributed by atoms with E-state index in [1.54, 1.807) is 4.90 Å². The molecule has 2 nitrogen and oxygen atoms in total. The third-order valence-electron chi connectivity index (χ3n) is 4.25. The van der Waals surface area contributed by atoms with E-state index in [9.17, 15) is 17.6 Å². The molecular weight excluding hydrogens is 248 g/mol. The molecule has 0 amide bonds. The highest BCUT2D eigenvalue weighted by Gasteiger charge is 2.47. The van der Waals surface area contributed by atoms with Crippen molar-refractivity contribution in [3.8, 4) is 0 Å². The molecule has 0 aliphatic carbocycles. The predicted octanol–water partition coefficient (Wildman–Crippen LogP) is 2.49. The molecule has 0 aromatic heterocycles. The molecule has 2 saturated heterocycles. The van der Waals surface area contributed by atoms with Crippen LogP contribution in [0.1, 0.15) is 32.1 Å². The smallest absolute Gasteiger partial charge is 0.317 e. The van der Waals surface area contributed by atoms with Crippen molar-refractivity contribution in [3.05, 3.63) is 0 Å². The fraction of sp³-hybridized carbons (Fsp3) is 1.00. The molecule has 18 heavy (non-hydrogen) atoms. The highest BCUT2D eigenvalue weighted by molar-refractivity contribution is 4.96. The molecule has 106 valence electrons. The van der Waals surface area contributed by atoms with Gasteiger partial charge in [-0.1, -0.05) is 6.42 Å². The van der Waals surface area contributed by atoms with Crippen molar-refractivity contribution in [2.75, 3.05) is 13.6 Å². The van der Waals surface area contributed by atoms with E-state index in [4.69, 9.17) is 0 Å². The molecule has 2 rings (SSSR count). The monoisotopic (exact) mass is 268 g/mol. The number of alkyl halides is 4. The standard InChI is InChI=1S/C12H20F4N2/c1-17-8-5-9-3-2-4-10(6-8)18(9)7-12(15,16)11(13)14/h8-11,17H,2-7H2,1H3. The van der Waals surface area contributed by atoms with E-state index in [0.717, 1.165) is 32.1 Å². The third kappa shape index (κ3) is 2.79. The molecule has 2 unspecified atom stereocenters. The Morgan fingerprint density at radius 2 is 1.78 bits per heavy atom. The van der Waals surface area contributed by atoms with Crippen LogP contribution in [0.4, 0.5) is 17.6 Å². The fourth-order valence-corrected chi connectivity index (χ4v) is 3.28. The first kappa shape index (κ1) is 14.1. The molecular formula is C12H20F4N2. The Kier molecular flexibility index (Phi) is 4.16. The zero-order valence-electron chi connectivity index (χ0n) is 10.5. The number of nitrogens with zero attached hydrogens (tertiary/aromatic N) is 1. The SMILES string of the molecule is CNC1CC2CCCC(C1)N2CC(F)(F)C(F)F. The summed E-state index contributed by atoms with van der Waals surface area (Å²) >= 11 is 0. The van der Waals surface area contributed by atoms with E-state index in [1.165, 1.54) is 0 Å². The molecule has 2 atom stereocenters. The van der Waals surface area contributed by atoms with Crippen molar-refractivity contribution in [1.29, 1.82) is 0 Å². The quantitative estimate of drug-likeness (QED) is 0.788. The van der Waals surface area contributed by atoms with Gasteiger partial charge in [0.1, 0.15) is 0 Å². The highest BCUT2D eigenvalue weighted by Crippen LogP contribution is 2.37. The maximum Gasteiger partial charge on any atom is 0.319 e. The van der Waals surface area contributed by atoms with Crippen LogP contribution in [0.25, 0.3) is 0 Å². The van der Waals surface area contributed by atoms with Crippen LogP contribution in [0.15, 0.2) is 0 Å². The minimum absolute atomic E-state index is 0.0274. The molecule has 2 aliphatic heterocycles. The van der Waals surface area contributed by atoms with Gasteiger partial charge in [-0.05, 0) is 32.7 Å². The molecule has 2 bridgehead atoms. The maximum atomic E-state index is 13.2. The van der Waals surface area contributed by atoms with Crippen molar-refractivity contribution in [2.24, 2.45) is 0 Å². The summed E-state index contributed by atoms with van der Waals surface area (Å²) in [5.41, 5.74) is 0. The second-order valence-corrected chi connectivity index (χ2v) is 5.43. The van der Waals surface area contributed by atoms with Gasteiger partial charge >= 0.3 is 12.3 Å². The van der Waals surface area contributed by atoms with Gasteiger partial charge in [0.05, 0.1) is 6.54 Å². The lowest BCUT2D eigenvalue weighted by Crippen LogP contribution is -2.59. The predicted molar refractivity (Wildman–Crippen MR) is 61.2 cm³/mol. The number of halogens is 4. The van der Waals surface area contributed by atoms with Crippen LogP contribution >= 0.6 is 0 Å². The lowest BCUT2D eigenvalue weighted by molar-refractivity contribution is -0.159. The second kappa shape index (κ2) is 5.33. The number of rotatable bonds is 4. The molecule has 2 heterocycles. The van der Waals surface area contributed by atoms with Crippen LogP contribution in [0.3, 0.4) is 0 Å². The summed E-state index contributed by atoms with van der Waals surface area (Å²) in [7, 11) is 1.86. The summed E-state index contributed by atoms with van der Waals surface area (Å²) in [6.45, 7) is -0.795. The zero-order chi connectivity index (χ0) is 13.3. The fourth-order valence-electron chi connectivity index (χ4n) is 3.28. The number of piperidine rings is 2. The number of fused-ring (bicyclic) bond motifs is 2. The molecule has 0 saturated carbocycles. The lowest BCUT2D eigenvalue weighted by Gasteiger charge is -2.49. The van der Waals surface area contributed by atoms with E-state index in [1.807, 2.05) is 7.05 Å². The van der Waals surface area contributed by atoms with Crippen molar-refractivity contribution in [1.82, 2.24) is 10.2 Å². The molecule has 0 aromatic rings. The van der Waals surface area contributed by atoms with Crippen LogP contribution in [0.2, 0.25) is 0 Å². The van der Waals surface area contributed by atoms with Gasteiger partial charge in [-0.15, -0.1) is 0 Å². The largest absolute Gasteiger partial charge is 0.319 e. The lowest BCUT2D eigenvalue weighted by atomic mass is 9.81. The van der Waals surface area contributed by atoms with Gasteiger partial charge < -0.3 is 5.32 Å². The molecule has 2 aliphatic rings. The molecule has 0 spiro atoms. The first-order valence-electron chi connectivity index (χ1n) is 6.53. The second-order valence-electron chi connectivity index (χ2n) is 5.43. The number of hydrogen-bond donors (Lipinski definition) is 1. The van der Waals surface area contributed by atoms with E-state index in [2.05, 4.69) is 5.32 Å². The Labute approximate surface area is 105 Å². The van der Waals surface area contributed by atoms with Crippen molar-refractivity contribution >= 4 is 0 Å². The number of nitrogens with one attached hydrogen (secondary N) is 1. The van der Waals surface area contributed by atoms with Gasteiger partial charge in [0.2, 0.25) is 0 Å². The van der Waals surface area contributed by atoms with Crippen LogP contribution in [-0.4, -0.2) is 49.0 Å². The van der Waals surface area contributed by atoms with E-state index < -0.39 is 18.9 Å². The summed E-state index contributed by atoms with van der Waals surface area (Å²) < 4.78 is 51.0. The number of hydrogen-bond acceptors (Lipinski definition) is 2. The van der Waals surface area contributed by atoms with Crippen LogP contribution < -0.4 is 5.32 Å². The molecule has 2 fully saturated rings. The minimum atomic E-state index is -3.89. The summed E-state index contributed by atoms with van der Waals surface area (Å²) in [6.07, 6.45) is 0.698. The zero-order valence-corrected chi connectivity index (χ0v) is 10.5. The topological polar surface area (TPSA) is 15.3 Å². The summed E-state index contributed by atoms with van der Waals surface area (Å²) in [4.78, 5) is 1.63. The van der Waals surface area contributed by atoms with Gasteiger partial charge in [-0.25, -0.2) is 8.78 Å². The molecule has 0 radical (unpaired) electrons. The average molecular weight is 268 g/mol. The Hall–Kier alpha value is -0.360. The molecule has 6 heteroatoms. The Balaban J connectivity index is 2.04. The summed E-state index contributed by atoms with van der Waals surface area (Å²) in [5.74, 6) is -3.89.